The van der Waals surface area contributed by atoms with Crippen LogP contribution in [-0.4, -0.2) is 10.9 Å². The molecule has 0 atom stereocenters. The summed E-state index contributed by atoms with van der Waals surface area (Å²) in [5.41, 5.74) is 10.7. The molecule has 0 fully saturated rings. The van der Waals surface area contributed by atoms with Gasteiger partial charge in [0.25, 0.3) is 0 Å². The van der Waals surface area contributed by atoms with Gasteiger partial charge in [0, 0.05) is 0 Å². The molecular weight excluding hydrogens is 412 g/mol. The van der Waals surface area contributed by atoms with Gasteiger partial charge in [0.2, 0.25) is 6.34 Å². The number of rotatable bonds is 6. The Hall–Kier alpha value is -2.87. The Morgan fingerprint density at radius 2 is 1.09 bits per heavy atom. The predicted octanol–water partition coefficient (Wildman–Crippen LogP) is 9.08. The summed E-state index contributed by atoms with van der Waals surface area (Å²) >= 11 is 0. The van der Waals surface area contributed by atoms with Crippen LogP contribution in [0.5, 0.6) is 0 Å². The number of hydrogen-bond donors (Lipinski definition) is 0. The Morgan fingerprint density at radius 3 is 1.59 bits per heavy atom. The lowest BCUT2D eigenvalue weighted by molar-refractivity contribution is -0.456. The van der Waals surface area contributed by atoms with E-state index in [1.807, 2.05) is 0 Å². The van der Waals surface area contributed by atoms with Crippen molar-refractivity contribution in [1.82, 2.24) is 0 Å². The minimum atomic E-state index is 0.423. The summed E-state index contributed by atoms with van der Waals surface area (Å²) in [6.45, 7) is 19.2. The van der Waals surface area contributed by atoms with Crippen LogP contribution in [0.25, 0.3) is 0 Å². The van der Waals surface area contributed by atoms with Gasteiger partial charge in [-0.1, -0.05) is 116 Å². The standard InChI is InChI=1S/C32H40N2/c1-21(2)26-14-11-15-27(22(3)4)31(26)33-19-25-13-9-10-18-30(25)34(20-33)32-28(23(5)6)16-12-17-29(32)24(7)8/h9-18,21-24H,19H2,1-8H3. The molecule has 0 bridgehead atoms. The lowest BCUT2D eigenvalue weighted by Crippen LogP contribution is -2.31. The lowest BCUT2D eigenvalue weighted by atomic mass is 9.90. The number of benzene rings is 3. The third-order valence-electron chi connectivity index (χ3n) is 6.96. The van der Waals surface area contributed by atoms with Crippen LogP contribution in [0.2, 0.25) is 0 Å². The van der Waals surface area contributed by atoms with Crippen LogP contribution in [0.4, 0.5) is 17.1 Å². The smallest absolute Gasteiger partial charge is 0.245 e. The van der Waals surface area contributed by atoms with Gasteiger partial charge in [-0.05, 0) is 51.5 Å². The molecule has 0 saturated heterocycles. The maximum atomic E-state index is 3.89. The second kappa shape index (κ2) is 9.78. The Kier molecular flexibility index (Phi) is 6.98. The number of fused-ring (bicyclic) bond motifs is 1. The molecule has 0 aromatic heterocycles. The Labute approximate surface area is 207 Å². The normalized spacial score (nSPS) is 13.8. The van der Waals surface area contributed by atoms with Crippen molar-refractivity contribution in [2.24, 2.45) is 0 Å². The number of anilines is 2. The van der Waals surface area contributed by atoms with Crippen molar-refractivity contribution in [3.63, 3.8) is 0 Å². The quantitative estimate of drug-likeness (QED) is 0.267. The summed E-state index contributed by atoms with van der Waals surface area (Å²) in [4.78, 5) is 2.35. The Morgan fingerprint density at radius 1 is 0.618 bits per heavy atom. The van der Waals surface area contributed by atoms with Crippen LogP contribution >= 0.6 is 0 Å². The topological polar surface area (TPSA) is 6.25 Å². The fourth-order valence-corrected chi connectivity index (χ4v) is 5.14. The van der Waals surface area contributed by atoms with Crippen molar-refractivity contribution in [1.29, 1.82) is 0 Å². The molecule has 0 spiro atoms. The van der Waals surface area contributed by atoms with E-state index in [0.29, 0.717) is 23.7 Å². The second-order valence-electron chi connectivity index (χ2n) is 10.8. The second-order valence-corrected chi connectivity index (χ2v) is 10.8. The van der Waals surface area contributed by atoms with Gasteiger partial charge in [0.1, 0.15) is 0 Å². The summed E-state index contributed by atoms with van der Waals surface area (Å²) in [5, 5.41) is 0. The fraction of sp³-hybridized carbons (Fsp3) is 0.406. The summed E-state index contributed by atoms with van der Waals surface area (Å²) in [5.74, 6) is 1.73. The zero-order valence-corrected chi connectivity index (χ0v) is 22.2. The zero-order chi connectivity index (χ0) is 24.6. The minimum absolute atomic E-state index is 0.423. The van der Waals surface area contributed by atoms with Gasteiger partial charge >= 0.3 is 0 Å². The number of nitrogens with zero attached hydrogens (tertiary/aromatic N) is 2. The van der Waals surface area contributed by atoms with E-state index in [9.17, 15) is 0 Å². The number of para-hydroxylation sites is 3. The third-order valence-corrected chi connectivity index (χ3v) is 6.96. The first-order valence-electron chi connectivity index (χ1n) is 12.9. The van der Waals surface area contributed by atoms with Crippen molar-refractivity contribution < 1.29 is 4.58 Å². The van der Waals surface area contributed by atoms with Gasteiger partial charge in [-0.25, -0.2) is 0 Å². The molecule has 2 nitrogen and oxygen atoms in total. The molecule has 0 unspecified atom stereocenters. The maximum Gasteiger partial charge on any atom is 0.245 e. The van der Waals surface area contributed by atoms with Crippen LogP contribution in [-0.2, 0) is 6.54 Å². The summed E-state index contributed by atoms with van der Waals surface area (Å²) in [6.07, 6.45) is 3.89. The van der Waals surface area contributed by atoms with Crippen LogP contribution in [0.1, 0.15) is 107 Å². The van der Waals surface area contributed by atoms with Crippen molar-refractivity contribution in [3.8, 4) is 0 Å². The van der Waals surface area contributed by atoms with Crippen molar-refractivity contribution in [2.75, 3.05) is 4.90 Å². The van der Waals surface area contributed by atoms with E-state index in [1.165, 1.54) is 44.9 Å². The van der Waals surface area contributed by atoms with E-state index in [1.54, 1.807) is 0 Å². The highest BCUT2D eigenvalue weighted by Crippen LogP contribution is 2.43. The first-order valence-corrected chi connectivity index (χ1v) is 12.9. The molecule has 1 aliphatic rings. The third kappa shape index (κ3) is 4.43. The highest BCUT2D eigenvalue weighted by molar-refractivity contribution is 5.92. The van der Waals surface area contributed by atoms with Crippen molar-refractivity contribution >= 4 is 23.4 Å². The van der Waals surface area contributed by atoms with Crippen LogP contribution in [0, 0.1) is 0 Å². The molecule has 4 rings (SSSR count). The summed E-state index contributed by atoms with van der Waals surface area (Å²) < 4.78 is 2.38. The number of hydrogen-bond acceptors (Lipinski definition) is 1. The molecule has 0 N–H and O–H groups in total. The van der Waals surface area contributed by atoms with Crippen molar-refractivity contribution in [2.45, 2.75) is 85.6 Å². The van der Waals surface area contributed by atoms with Gasteiger partial charge in [0.05, 0.1) is 23.6 Å². The summed E-state index contributed by atoms with van der Waals surface area (Å²) in [7, 11) is 0. The van der Waals surface area contributed by atoms with E-state index in [4.69, 9.17) is 0 Å². The molecule has 1 heterocycles. The molecule has 178 valence electrons. The maximum absolute atomic E-state index is 3.89. The molecule has 34 heavy (non-hydrogen) atoms. The molecule has 2 heteroatoms. The molecule has 1 aliphatic heterocycles. The van der Waals surface area contributed by atoms with E-state index in [0.717, 1.165) is 6.54 Å². The van der Waals surface area contributed by atoms with E-state index in [-0.39, 0.29) is 0 Å². The first kappa shape index (κ1) is 24.3. The van der Waals surface area contributed by atoms with E-state index >= 15 is 0 Å². The van der Waals surface area contributed by atoms with Crippen molar-refractivity contribution in [3.05, 3.63) is 88.5 Å². The predicted molar refractivity (Wildman–Crippen MR) is 146 cm³/mol. The minimum Gasteiger partial charge on any atom is -0.314 e. The van der Waals surface area contributed by atoms with Crippen LogP contribution in [0.15, 0.2) is 60.7 Å². The lowest BCUT2D eigenvalue weighted by Gasteiger charge is -2.35. The SMILES string of the molecule is CC(C)c1cccc(C(C)C)c1N1[C-]=[N+](c2c(C(C)C)cccc2C(C)C)Cc2ccccc21. The first-order chi connectivity index (χ1) is 16.2. The van der Waals surface area contributed by atoms with Crippen LogP contribution in [0.3, 0.4) is 0 Å². The van der Waals surface area contributed by atoms with Gasteiger partial charge in [0.15, 0.2) is 0 Å². The average molecular weight is 453 g/mol. The fourth-order valence-electron chi connectivity index (χ4n) is 5.14. The molecule has 0 saturated carbocycles. The molecule has 3 aromatic rings. The highest BCUT2D eigenvalue weighted by atomic mass is 15.2. The Bertz CT molecular complexity index is 1140. The molecule has 0 amide bonds. The molecular formula is C32H40N2. The van der Waals surface area contributed by atoms with Gasteiger partial charge in [-0.15, -0.1) is 0 Å². The zero-order valence-electron chi connectivity index (χ0n) is 22.2. The summed E-state index contributed by atoms with van der Waals surface area (Å²) in [6, 6.07) is 22.4. The van der Waals surface area contributed by atoms with E-state index < -0.39 is 0 Å². The Balaban J connectivity index is 2.04. The van der Waals surface area contributed by atoms with Gasteiger partial charge in [-0.3, -0.25) is 0 Å². The van der Waals surface area contributed by atoms with E-state index in [2.05, 4.69) is 132 Å². The largest absolute Gasteiger partial charge is 0.314 e. The van der Waals surface area contributed by atoms with Gasteiger partial charge in [-0.2, -0.15) is 0 Å². The molecule has 0 radical (unpaired) electrons. The highest BCUT2D eigenvalue weighted by Gasteiger charge is 2.27. The average Bonchev–Trinajstić information content (AvgIpc) is 2.82. The monoisotopic (exact) mass is 452 g/mol. The molecule has 3 aromatic carbocycles. The van der Waals surface area contributed by atoms with Gasteiger partial charge < -0.3 is 9.48 Å². The molecule has 0 aliphatic carbocycles. The van der Waals surface area contributed by atoms with Crippen LogP contribution < -0.4 is 4.90 Å².